The topological polar surface area (TPSA) is 16.3 Å². The molecule has 4 aliphatic heterocycles. The second-order valence-corrected chi connectivity index (χ2v) is 18.9. The van der Waals surface area contributed by atoms with Gasteiger partial charge in [-0.25, -0.2) is 4.39 Å². The Balaban J connectivity index is 0.000000137. The SMILES string of the molecule is CN1CC2CCC1c1c2n(CCc2ccccc2)c2cc(Cl)sc12.Cc1cc2c(s1)c1c(n2Cc2cccc(F)c2)C2CCC1N(Cc1ccccc1)C2. The molecule has 8 heteroatoms. The molecule has 2 saturated heterocycles. The average molecular weight is 773 g/mol. The van der Waals surface area contributed by atoms with Gasteiger partial charge in [0.25, 0.3) is 0 Å². The maximum atomic E-state index is 13.8. The fourth-order valence-corrected chi connectivity index (χ4v) is 12.8. The highest BCUT2D eigenvalue weighted by Crippen LogP contribution is 2.54. The van der Waals surface area contributed by atoms with E-state index >= 15 is 0 Å². The van der Waals surface area contributed by atoms with Crippen LogP contribution in [0.4, 0.5) is 4.39 Å². The first-order valence-corrected chi connectivity index (χ1v) is 21.6. The molecule has 2 aliphatic carbocycles. The zero-order valence-electron chi connectivity index (χ0n) is 31.0. The van der Waals surface area contributed by atoms with Crippen LogP contribution in [0.3, 0.4) is 0 Å². The molecule has 0 spiro atoms. The Morgan fingerprint density at radius 2 is 1.31 bits per heavy atom. The van der Waals surface area contributed by atoms with E-state index in [-0.39, 0.29) is 5.82 Å². The number of nitrogens with zero attached hydrogens (tertiary/aromatic N) is 4. The van der Waals surface area contributed by atoms with Crippen LogP contribution in [-0.4, -0.2) is 39.1 Å². The van der Waals surface area contributed by atoms with Gasteiger partial charge in [0.05, 0.1) is 24.8 Å². The molecule has 4 atom stereocenters. The predicted molar refractivity (Wildman–Crippen MR) is 224 cm³/mol. The first kappa shape index (κ1) is 34.7. The molecule has 276 valence electrons. The van der Waals surface area contributed by atoms with Gasteiger partial charge in [0.1, 0.15) is 5.82 Å². The third-order valence-corrected chi connectivity index (χ3v) is 15.0. The van der Waals surface area contributed by atoms with E-state index in [1.54, 1.807) is 34.2 Å². The summed E-state index contributed by atoms with van der Waals surface area (Å²) < 4.78 is 22.7. The lowest BCUT2D eigenvalue weighted by atomic mass is 9.78. The Hall–Kier alpha value is -3.72. The molecule has 0 N–H and O–H groups in total. The average Bonchev–Trinajstić information content (AvgIpc) is 3.92. The van der Waals surface area contributed by atoms with Crippen molar-refractivity contribution in [1.82, 2.24) is 18.9 Å². The van der Waals surface area contributed by atoms with Crippen molar-refractivity contribution in [3.05, 3.63) is 151 Å². The van der Waals surface area contributed by atoms with Crippen LogP contribution >= 0.6 is 34.3 Å². The van der Waals surface area contributed by atoms with Gasteiger partial charge in [0, 0.05) is 84.0 Å². The smallest absolute Gasteiger partial charge is 0.123 e. The zero-order valence-corrected chi connectivity index (χ0v) is 33.4. The van der Waals surface area contributed by atoms with E-state index in [0.29, 0.717) is 23.9 Å². The number of piperidine rings is 2. The van der Waals surface area contributed by atoms with Crippen LogP contribution in [0.5, 0.6) is 0 Å². The second kappa shape index (κ2) is 14.1. The number of halogens is 2. The highest BCUT2D eigenvalue weighted by Gasteiger charge is 2.43. The number of fused-ring (bicyclic) bond motifs is 6. The van der Waals surface area contributed by atoms with Gasteiger partial charge in [-0.1, -0.05) is 84.4 Å². The minimum Gasteiger partial charge on any atom is -0.343 e. The standard InChI is InChI=1S/C26H25FN2S.C20H21ClN2S/c1-17-12-23-26(30-17)24-22-11-10-20(16-28(22)14-18-6-3-2-4-7-18)25(24)29(23)15-19-8-5-9-21(27)13-19;1-22-12-14-7-8-15(22)18-19(14)23(16-11-17(21)24-20(16)18)10-9-13-5-3-2-4-6-13/h2-9,12-13,20,22H,10-11,14-16H2,1H3;2-6,11,14-15H,7-10,12H2,1H3. The van der Waals surface area contributed by atoms with Crippen molar-refractivity contribution in [2.45, 2.75) is 82.6 Å². The lowest BCUT2D eigenvalue weighted by Crippen LogP contribution is -2.42. The Kier molecular flexibility index (Phi) is 9.07. The second-order valence-electron chi connectivity index (χ2n) is 16.0. The van der Waals surface area contributed by atoms with Crippen molar-refractivity contribution in [2.24, 2.45) is 0 Å². The van der Waals surface area contributed by atoms with Crippen LogP contribution in [0.1, 0.15) is 93.7 Å². The molecule has 2 fully saturated rings. The largest absolute Gasteiger partial charge is 0.343 e. The monoisotopic (exact) mass is 772 g/mol. The summed E-state index contributed by atoms with van der Waals surface area (Å²) in [6, 6.07) is 34.3. The molecule has 7 aromatic rings. The van der Waals surface area contributed by atoms with Gasteiger partial charge in [0.15, 0.2) is 0 Å². The number of thiophene rings is 2. The van der Waals surface area contributed by atoms with E-state index in [0.717, 1.165) is 42.5 Å². The number of likely N-dealkylation sites (N-methyl/N-ethyl adjacent to an activating group) is 1. The van der Waals surface area contributed by atoms with Gasteiger partial charge in [-0.3, -0.25) is 9.80 Å². The Bertz CT molecular complexity index is 2460. The van der Waals surface area contributed by atoms with Gasteiger partial charge in [-0.2, -0.15) is 0 Å². The molecule has 54 heavy (non-hydrogen) atoms. The summed E-state index contributed by atoms with van der Waals surface area (Å²) in [6.07, 6.45) is 6.19. The fraction of sp³-hybridized carbons (Fsp3) is 0.348. The summed E-state index contributed by atoms with van der Waals surface area (Å²) in [5.41, 5.74) is 12.8. The summed E-state index contributed by atoms with van der Waals surface area (Å²) in [4.78, 5) is 6.59. The predicted octanol–water partition coefficient (Wildman–Crippen LogP) is 12.1. The molecule has 4 aromatic heterocycles. The first-order valence-electron chi connectivity index (χ1n) is 19.6. The van der Waals surface area contributed by atoms with Gasteiger partial charge < -0.3 is 9.13 Å². The molecule has 13 rings (SSSR count). The maximum absolute atomic E-state index is 13.8. The molecule has 6 aliphatic rings. The van der Waals surface area contributed by atoms with Gasteiger partial charge in [0.2, 0.25) is 0 Å². The molecule has 0 amide bonds. The molecule has 0 saturated carbocycles. The number of rotatable bonds is 7. The van der Waals surface area contributed by atoms with Gasteiger partial charge >= 0.3 is 0 Å². The van der Waals surface area contributed by atoms with Crippen LogP contribution in [0.25, 0.3) is 20.4 Å². The maximum Gasteiger partial charge on any atom is 0.123 e. The summed E-state index contributed by atoms with van der Waals surface area (Å²) >= 11 is 10.1. The van der Waals surface area contributed by atoms with Crippen molar-refractivity contribution in [1.29, 1.82) is 0 Å². The summed E-state index contributed by atoms with van der Waals surface area (Å²) in [5, 5.41) is 0. The highest BCUT2D eigenvalue weighted by molar-refractivity contribution is 7.22. The van der Waals surface area contributed by atoms with Crippen molar-refractivity contribution < 1.29 is 4.39 Å². The summed E-state index contributed by atoms with van der Waals surface area (Å²) in [6.45, 7) is 7.34. The molecule has 0 radical (unpaired) electrons. The molecular weight excluding hydrogens is 727 g/mol. The lowest BCUT2D eigenvalue weighted by molar-refractivity contribution is 0.103. The van der Waals surface area contributed by atoms with E-state index < -0.39 is 0 Å². The van der Waals surface area contributed by atoms with Crippen LogP contribution < -0.4 is 0 Å². The fourth-order valence-electron chi connectivity index (χ4n) is 10.4. The van der Waals surface area contributed by atoms with Crippen molar-refractivity contribution in [2.75, 3.05) is 20.1 Å². The van der Waals surface area contributed by atoms with Gasteiger partial charge in [-0.05, 0) is 87.0 Å². The minimum atomic E-state index is -0.151. The Labute approximate surface area is 330 Å². The highest BCUT2D eigenvalue weighted by atomic mass is 35.5. The molecule has 4 bridgehead atoms. The molecule has 8 heterocycles. The molecule has 3 aromatic carbocycles. The molecule has 4 unspecified atom stereocenters. The van der Waals surface area contributed by atoms with Crippen molar-refractivity contribution >= 4 is 54.7 Å². The van der Waals surface area contributed by atoms with E-state index in [1.807, 2.05) is 23.5 Å². The number of aromatic nitrogens is 2. The number of benzene rings is 3. The van der Waals surface area contributed by atoms with Crippen LogP contribution in [0.15, 0.2) is 97.1 Å². The van der Waals surface area contributed by atoms with Gasteiger partial charge in [-0.15, -0.1) is 22.7 Å². The van der Waals surface area contributed by atoms with Crippen LogP contribution in [0, 0.1) is 12.7 Å². The van der Waals surface area contributed by atoms with Crippen molar-refractivity contribution in [3.63, 3.8) is 0 Å². The third kappa shape index (κ3) is 6.08. The quantitative estimate of drug-likeness (QED) is 0.160. The zero-order chi connectivity index (χ0) is 36.5. The number of hydrogen-bond acceptors (Lipinski definition) is 4. The van der Waals surface area contributed by atoms with Crippen LogP contribution in [-0.2, 0) is 26.1 Å². The van der Waals surface area contributed by atoms with Crippen molar-refractivity contribution in [3.8, 4) is 0 Å². The molecule has 4 nitrogen and oxygen atoms in total. The summed E-state index contributed by atoms with van der Waals surface area (Å²) in [7, 11) is 2.28. The Morgan fingerprint density at radius 1 is 0.667 bits per heavy atom. The summed E-state index contributed by atoms with van der Waals surface area (Å²) in [5.74, 6) is 1.09. The molecular formula is C46H46ClFN4S2. The normalized spacial score (nSPS) is 21.8. The third-order valence-electron chi connectivity index (χ3n) is 12.6. The Morgan fingerprint density at radius 3 is 2.07 bits per heavy atom. The van der Waals surface area contributed by atoms with E-state index in [1.165, 1.54) is 80.4 Å². The minimum absolute atomic E-state index is 0.151. The van der Waals surface area contributed by atoms with E-state index in [9.17, 15) is 4.39 Å². The van der Waals surface area contributed by atoms with E-state index in [4.69, 9.17) is 11.6 Å². The first-order chi connectivity index (χ1) is 26.4. The lowest BCUT2D eigenvalue weighted by Gasteiger charge is -2.46. The van der Waals surface area contributed by atoms with E-state index in [2.05, 4.69) is 106 Å². The number of hydrogen-bond donors (Lipinski definition) is 0. The number of aryl methyl sites for hydroxylation is 3. The van der Waals surface area contributed by atoms with Crippen LogP contribution in [0.2, 0.25) is 4.34 Å².